The molecule has 1 radical (unpaired) electrons. The molecule has 1 nitrogen and oxygen atoms in total. The van der Waals surface area contributed by atoms with Gasteiger partial charge in [-0.25, -0.2) is 0 Å². The molecule has 67 valence electrons. The maximum Gasteiger partial charge on any atom is 3.00 e. The SMILES string of the molecule is OC1CCCCC1.[Cl-].[Cl-].[Cl-].[Zr+3]. The summed E-state index contributed by atoms with van der Waals surface area (Å²) in [5.41, 5.74) is 0. The van der Waals surface area contributed by atoms with Crippen LogP contribution in [-0.2, 0) is 26.2 Å². The first-order valence-electron chi connectivity index (χ1n) is 3.07. The van der Waals surface area contributed by atoms with E-state index in [4.69, 9.17) is 5.11 Å². The van der Waals surface area contributed by atoms with E-state index in [0.717, 1.165) is 12.8 Å². The van der Waals surface area contributed by atoms with Crippen LogP contribution in [0.2, 0.25) is 0 Å². The maximum atomic E-state index is 8.91. The molecule has 1 aliphatic rings. The van der Waals surface area contributed by atoms with Crippen LogP contribution in [0, 0.1) is 0 Å². The van der Waals surface area contributed by atoms with Gasteiger partial charge in [0, 0.05) is 0 Å². The van der Waals surface area contributed by atoms with Crippen molar-refractivity contribution >= 4 is 0 Å². The molecular weight excluding hydrogens is 286 g/mol. The molecule has 0 aromatic rings. The van der Waals surface area contributed by atoms with Gasteiger partial charge in [-0.3, -0.25) is 0 Å². The first kappa shape index (κ1) is 23.0. The summed E-state index contributed by atoms with van der Waals surface area (Å²) < 4.78 is 0. The van der Waals surface area contributed by atoms with E-state index < -0.39 is 0 Å². The molecule has 0 heterocycles. The van der Waals surface area contributed by atoms with Crippen LogP contribution in [0.3, 0.4) is 0 Å². The number of halogens is 3. The molecule has 1 fully saturated rings. The number of hydrogen-bond acceptors (Lipinski definition) is 1. The van der Waals surface area contributed by atoms with Gasteiger partial charge in [-0.1, -0.05) is 19.3 Å². The molecule has 5 heteroatoms. The van der Waals surface area contributed by atoms with Crippen molar-refractivity contribution in [2.24, 2.45) is 0 Å². The zero-order valence-electron chi connectivity index (χ0n) is 6.19. The normalized spacial score (nSPS) is 16.1. The molecule has 0 unspecified atom stereocenters. The van der Waals surface area contributed by atoms with Crippen LogP contribution in [0.5, 0.6) is 0 Å². The summed E-state index contributed by atoms with van der Waals surface area (Å²) >= 11 is 0. The van der Waals surface area contributed by atoms with E-state index in [-0.39, 0.29) is 69.5 Å². The maximum absolute atomic E-state index is 8.91. The van der Waals surface area contributed by atoms with Crippen molar-refractivity contribution in [3.05, 3.63) is 0 Å². The van der Waals surface area contributed by atoms with Crippen molar-refractivity contribution in [1.29, 1.82) is 0 Å². The number of aliphatic hydroxyl groups is 1. The van der Waals surface area contributed by atoms with Gasteiger partial charge < -0.3 is 42.3 Å². The molecule has 1 saturated carbocycles. The Morgan fingerprint density at radius 1 is 0.818 bits per heavy atom. The van der Waals surface area contributed by atoms with Crippen LogP contribution < -0.4 is 37.2 Å². The molecule has 0 bridgehead atoms. The van der Waals surface area contributed by atoms with E-state index in [0.29, 0.717) is 0 Å². The van der Waals surface area contributed by atoms with Crippen molar-refractivity contribution in [3.8, 4) is 0 Å². The Kier molecular flexibility index (Phi) is 29.8. The van der Waals surface area contributed by atoms with E-state index in [1.54, 1.807) is 0 Å². The molecule has 0 aromatic heterocycles. The van der Waals surface area contributed by atoms with Gasteiger partial charge >= 0.3 is 26.2 Å². The minimum atomic E-state index is 0. The van der Waals surface area contributed by atoms with Crippen molar-refractivity contribution in [2.45, 2.75) is 38.2 Å². The zero-order valence-corrected chi connectivity index (χ0v) is 10.9. The summed E-state index contributed by atoms with van der Waals surface area (Å²) in [5.74, 6) is 0. The van der Waals surface area contributed by atoms with Crippen molar-refractivity contribution in [1.82, 2.24) is 0 Å². The number of aliphatic hydroxyl groups excluding tert-OH is 1. The summed E-state index contributed by atoms with van der Waals surface area (Å²) in [5, 5.41) is 8.91. The quantitative estimate of drug-likeness (QED) is 0.471. The van der Waals surface area contributed by atoms with Crippen molar-refractivity contribution in [2.75, 3.05) is 0 Å². The van der Waals surface area contributed by atoms with E-state index in [1.165, 1.54) is 19.3 Å². The van der Waals surface area contributed by atoms with Gasteiger partial charge in [0.2, 0.25) is 0 Å². The molecule has 0 aliphatic heterocycles. The monoisotopic (exact) mass is 295 g/mol. The molecule has 0 atom stereocenters. The molecule has 0 aromatic carbocycles. The first-order valence-corrected chi connectivity index (χ1v) is 3.07. The van der Waals surface area contributed by atoms with Gasteiger partial charge in [0.1, 0.15) is 0 Å². The Morgan fingerprint density at radius 3 is 1.36 bits per heavy atom. The fraction of sp³-hybridized carbons (Fsp3) is 1.00. The average Bonchev–Trinajstić information content (AvgIpc) is 1.69. The second-order valence-electron chi connectivity index (χ2n) is 2.29. The standard InChI is InChI=1S/C6H12O.3ClH.Zr/c7-6-4-2-1-3-5-6;;;;/h6-7H,1-5H2;3*1H;/q;;;;+3/p-3. The molecule has 0 saturated heterocycles. The minimum absolute atomic E-state index is 0. The minimum Gasteiger partial charge on any atom is -1.00 e. The van der Waals surface area contributed by atoms with Gasteiger partial charge in [-0.2, -0.15) is 0 Å². The third kappa shape index (κ3) is 11.7. The summed E-state index contributed by atoms with van der Waals surface area (Å²) in [6.07, 6.45) is 5.92. The summed E-state index contributed by atoms with van der Waals surface area (Å²) in [4.78, 5) is 0. The van der Waals surface area contributed by atoms with Gasteiger partial charge in [-0.05, 0) is 12.8 Å². The van der Waals surface area contributed by atoms with Crippen LogP contribution in [0.4, 0.5) is 0 Å². The Morgan fingerprint density at radius 2 is 1.18 bits per heavy atom. The van der Waals surface area contributed by atoms with Crippen molar-refractivity contribution in [3.63, 3.8) is 0 Å². The average molecular weight is 298 g/mol. The third-order valence-corrected chi connectivity index (χ3v) is 1.57. The van der Waals surface area contributed by atoms with Crippen LogP contribution in [0.15, 0.2) is 0 Å². The fourth-order valence-corrected chi connectivity index (χ4v) is 1.08. The molecule has 11 heavy (non-hydrogen) atoms. The molecule has 1 rings (SSSR count). The second kappa shape index (κ2) is 14.2. The first-order chi connectivity index (χ1) is 3.39. The van der Waals surface area contributed by atoms with Gasteiger partial charge in [-0.15, -0.1) is 0 Å². The Hall–Kier alpha value is 1.71. The van der Waals surface area contributed by atoms with Gasteiger partial charge in [0.05, 0.1) is 6.10 Å². The molecular formula is C6H12Cl3OZr. The van der Waals surface area contributed by atoms with E-state index in [2.05, 4.69) is 0 Å². The molecule has 1 aliphatic carbocycles. The van der Waals surface area contributed by atoms with Crippen LogP contribution in [0.25, 0.3) is 0 Å². The number of hydrogen-bond donors (Lipinski definition) is 1. The molecule has 0 amide bonds. The molecule has 0 spiro atoms. The largest absolute Gasteiger partial charge is 3.00 e. The van der Waals surface area contributed by atoms with Crippen LogP contribution >= 0.6 is 0 Å². The summed E-state index contributed by atoms with van der Waals surface area (Å²) in [6.45, 7) is 0. The smallest absolute Gasteiger partial charge is 1.00 e. The zero-order chi connectivity index (χ0) is 5.11. The third-order valence-electron chi connectivity index (χ3n) is 1.57. The fourth-order valence-electron chi connectivity index (χ4n) is 1.08. The molecule has 1 N–H and O–H groups in total. The Balaban J connectivity index is -0.0000000612. The van der Waals surface area contributed by atoms with Crippen LogP contribution in [0.1, 0.15) is 32.1 Å². The Labute approximate surface area is 106 Å². The predicted molar refractivity (Wildman–Crippen MR) is 29.1 cm³/mol. The van der Waals surface area contributed by atoms with Gasteiger partial charge in [0.15, 0.2) is 0 Å². The summed E-state index contributed by atoms with van der Waals surface area (Å²) in [6, 6.07) is 0. The van der Waals surface area contributed by atoms with Crippen molar-refractivity contribution < 1.29 is 68.5 Å². The van der Waals surface area contributed by atoms with Gasteiger partial charge in [0.25, 0.3) is 0 Å². The van der Waals surface area contributed by atoms with E-state index in [9.17, 15) is 0 Å². The predicted octanol–water partition coefficient (Wildman–Crippen LogP) is -7.68. The number of rotatable bonds is 0. The van der Waals surface area contributed by atoms with E-state index in [1.807, 2.05) is 0 Å². The topological polar surface area (TPSA) is 20.2 Å². The Bertz CT molecular complexity index is 59.8. The second-order valence-corrected chi connectivity index (χ2v) is 2.29. The summed E-state index contributed by atoms with van der Waals surface area (Å²) in [7, 11) is 0. The van der Waals surface area contributed by atoms with E-state index >= 15 is 0 Å². The van der Waals surface area contributed by atoms with Crippen LogP contribution in [-0.4, -0.2) is 11.2 Å².